The van der Waals surface area contributed by atoms with Gasteiger partial charge in [0.1, 0.15) is 0 Å². The second kappa shape index (κ2) is 4.94. The lowest BCUT2D eigenvalue weighted by molar-refractivity contribution is 0.214. The van der Waals surface area contributed by atoms with Crippen molar-refractivity contribution in [1.82, 2.24) is 4.31 Å². The van der Waals surface area contributed by atoms with Gasteiger partial charge in [-0.3, -0.25) is 4.21 Å². The van der Waals surface area contributed by atoms with Gasteiger partial charge in [0, 0.05) is 23.4 Å². The van der Waals surface area contributed by atoms with E-state index >= 15 is 0 Å². The van der Waals surface area contributed by atoms with E-state index in [0.29, 0.717) is 6.54 Å². The molecular weight excluding hydrogens is 174 g/mol. The highest BCUT2D eigenvalue weighted by molar-refractivity contribution is 7.76. The van der Waals surface area contributed by atoms with Crippen molar-refractivity contribution in [2.75, 3.05) is 6.54 Å². The second-order valence-electron chi connectivity index (χ2n) is 3.47. The molecule has 0 saturated heterocycles. The van der Waals surface area contributed by atoms with Gasteiger partial charge in [-0.15, -0.1) is 0 Å². The lowest BCUT2D eigenvalue weighted by Gasteiger charge is -2.38. The van der Waals surface area contributed by atoms with E-state index in [9.17, 15) is 8.76 Å². The van der Waals surface area contributed by atoms with Gasteiger partial charge in [-0.2, -0.15) is 0 Å². The molecule has 0 saturated carbocycles. The lowest BCUT2D eigenvalue weighted by Crippen LogP contribution is -2.44. The summed E-state index contributed by atoms with van der Waals surface area (Å²) in [5, 5.41) is 0. The molecule has 0 amide bonds. The van der Waals surface area contributed by atoms with E-state index < -0.39 is 11.3 Å². The molecule has 0 aliphatic heterocycles. The van der Waals surface area contributed by atoms with Crippen LogP contribution in [-0.2, 0) is 11.3 Å². The van der Waals surface area contributed by atoms with Crippen molar-refractivity contribution in [1.29, 1.82) is 0 Å². The van der Waals surface area contributed by atoms with Crippen LogP contribution >= 0.6 is 0 Å². The summed E-state index contributed by atoms with van der Waals surface area (Å²) in [6, 6.07) is 0. The first-order chi connectivity index (χ1) is 5.45. The molecule has 0 bridgehead atoms. The highest BCUT2D eigenvalue weighted by Crippen LogP contribution is 2.21. The van der Waals surface area contributed by atoms with Gasteiger partial charge < -0.3 is 4.55 Å². The van der Waals surface area contributed by atoms with E-state index in [0.717, 1.165) is 12.8 Å². The molecule has 0 spiro atoms. The molecule has 0 heterocycles. The maximum atomic E-state index is 10.8. The van der Waals surface area contributed by atoms with Crippen LogP contribution < -0.4 is 0 Å². The number of hydrogen-bond donors (Lipinski definition) is 0. The van der Waals surface area contributed by atoms with Crippen molar-refractivity contribution in [3.8, 4) is 0 Å². The van der Waals surface area contributed by atoms with Gasteiger partial charge in [0.15, 0.2) is 0 Å². The minimum Gasteiger partial charge on any atom is -0.760 e. The van der Waals surface area contributed by atoms with Crippen LogP contribution in [0.4, 0.5) is 0 Å². The monoisotopic (exact) mass is 192 g/mol. The van der Waals surface area contributed by atoms with E-state index in [2.05, 4.69) is 6.92 Å². The smallest absolute Gasteiger partial charge is 0.0269 e. The van der Waals surface area contributed by atoms with Crippen molar-refractivity contribution < 1.29 is 8.76 Å². The zero-order valence-corrected chi connectivity index (χ0v) is 9.11. The maximum absolute atomic E-state index is 10.8. The van der Waals surface area contributed by atoms with E-state index in [1.54, 1.807) is 0 Å². The molecule has 74 valence electrons. The van der Waals surface area contributed by atoms with Crippen LogP contribution in [0.2, 0.25) is 0 Å². The Hall–Kier alpha value is 0.0700. The fraction of sp³-hybridized carbons (Fsp3) is 1.00. The third kappa shape index (κ3) is 3.21. The van der Waals surface area contributed by atoms with Gasteiger partial charge in [0.05, 0.1) is 0 Å². The van der Waals surface area contributed by atoms with Crippen molar-refractivity contribution in [3.05, 3.63) is 0 Å². The third-order valence-electron chi connectivity index (χ3n) is 2.00. The molecule has 1 unspecified atom stereocenters. The molecule has 0 aliphatic rings. The van der Waals surface area contributed by atoms with Gasteiger partial charge >= 0.3 is 0 Å². The summed E-state index contributed by atoms with van der Waals surface area (Å²) < 4.78 is 23.0. The van der Waals surface area contributed by atoms with Crippen LogP contribution in [0.3, 0.4) is 0 Å². The molecule has 0 aromatic rings. The summed E-state index contributed by atoms with van der Waals surface area (Å²) in [5.41, 5.74) is -0.240. The first kappa shape index (κ1) is 12.1. The van der Waals surface area contributed by atoms with Gasteiger partial charge in [-0.05, 0) is 20.3 Å². The van der Waals surface area contributed by atoms with Gasteiger partial charge in [0.2, 0.25) is 0 Å². The summed E-state index contributed by atoms with van der Waals surface area (Å²) in [4.78, 5) is 0. The third-order valence-corrected chi connectivity index (χ3v) is 3.12. The molecule has 0 aliphatic carbocycles. The molecule has 3 nitrogen and oxygen atoms in total. The van der Waals surface area contributed by atoms with E-state index in [1.807, 2.05) is 20.8 Å². The fourth-order valence-corrected chi connectivity index (χ4v) is 2.18. The Balaban J connectivity index is 4.36. The average Bonchev–Trinajstić information content (AvgIpc) is 1.86. The molecule has 0 N–H and O–H groups in total. The quantitative estimate of drug-likeness (QED) is 0.622. The summed E-state index contributed by atoms with van der Waals surface area (Å²) in [6.45, 7) is 8.37. The molecule has 0 fully saturated rings. The summed E-state index contributed by atoms with van der Waals surface area (Å²) >= 11 is -2.09. The van der Waals surface area contributed by atoms with Gasteiger partial charge in [-0.25, -0.2) is 4.31 Å². The normalized spacial score (nSPS) is 15.2. The largest absolute Gasteiger partial charge is 0.760 e. The topological polar surface area (TPSA) is 43.4 Å². The molecular formula is C8H18NO2S-. The Labute approximate surface area is 77.6 Å². The summed E-state index contributed by atoms with van der Waals surface area (Å²) in [6.07, 6.45) is 1.90. The summed E-state index contributed by atoms with van der Waals surface area (Å²) in [7, 11) is 0. The van der Waals surface area contributed by atoms with Crippen LogP contribution in [0.5, 0.6) is 0 Å². The first-order valence-corrected chi connectivity index (χ1v) is 5.36. The molecule has 1 atom stereocenters. The highest BCUT2D eigenvalue weighted by atomic mass is 32.2. The molecule has 4 heteroatoms. The van der Waals surface area contributed by atoms with Gasteiger partial charge in [0.25, 0.3) is 0 Å². The standard InChI is InChI=1S/C8H19NO2S/c1-5-7-8(3,4)9(6-2)12(10)11/h5-7H2,1-4H3,(H,10,11)/p-1. The Morgan fingerprint density at radius 3 is 2.17 bits per heavy atom. The van der Waals surface area contributed by atoms with Crippen LogP contribution in [0.15, 0.2) is 0 Å². The Bertz CT molecular complexity index is 159. The van der Waals surface area contributed by atoms with Crippen molar-refractivity contribution in [2.45, 2.75) is 46.1 Å². The Morgan fingerprint density at radius 2 is 1.92 bits per heavy atom. The van der Waals surface area contributed by atoms with E-state index in [4.69, 9.17) is 0 Å². The first-order valence-electron chi connectivity index (χ1n) is 4.32. The zero-order valence-electron chi connectivity index (χ0n) is 8.29. The predicted octanol–water partition coefficient (Wildman–Crippen LogP) is 1.68. The molecule has 0 aromatic heterocycles. The maximum Gasteiger partial charge on any atom is 0.0269 e. The Morgan fingerprint density at radius 1 is 1.42 bits per heavy atom. The van der Waals surface area contributed by atoms with Crippen LogP contribution in [0, 0.1) is 0 Å². The number of hydrogen-bond acceptors (Lipinski definition) is 2. The molecule has 0 aromatic carbocycles. The van der Waals surface area contributed by atoms with Crippen molar-refractivity contribution >= 4 is 11.3 Å². The number of nitrogens with zero attached hydrogens (tertiary/aromatic N) is 1. The van der Waals surface area contributed by atoms with Crippen LogP contribution in [-0.4, -0.2) is 25.2 Å². The molecule has 0 rings (SSSR count). The molecule has 12 heavy (non-hydrogen) atoms. The van der Waals surface area contributed by atoms with Crippen molar-refractivity contribution in [3.63, 3.8) is 0 Å². The van der Waals surface area contributed by atoms with Crippen LogP contribution in [0.25, 0.3) is 0 Å². The highest BCUT2D eigenvalue weighted by Gasteiger charge is 2.24. The number of rotatable bonds is 5. The fourth-order valence-electron chi connectivity index (χ4n) is 1.47. The minimum atomic E-state index is -2.09. The molecule has 0 radical (unpaired) electrons. The minimum absolute atomic E-state index is 0.240. The summed E-state index contributed by atoms with van der Waals surface area (Å²) in [5.74, 6) is 0. The zero-order chi connectivity index (χ0) is 9.78. The lowest BCUT2D eigenvalue weighted by atomic mass is 9.99. The van der Waals surface area contributed by atoms with Gasteiger partial charge in [-0.1, -0.05) is 20.3 Å². The SMILES string of the molecule is CCCC(C)(C)N(CC)S(=O)[O-]. The average molecular weight is 192 g/mol. The van der Waals surface area contributed by atoms with Crippen LogP contribution in [0.1, 0.15) is 40.5 Å². The van der Waals surface area contributed by atoms with Crippen molar-refractivity contribution in [2.24, 2.45) is 0 Å². The van der Waals surface area contributed by atoms with E-state index in [-0.39, 0.29) is 5.54 Å². The Kier molecular flexibility index (Phi) is 4.97. The predicted molar refractivity (Wildman–Crippen MR) is 50.3 cm³/mol. The second-order valence-corrected chi connectivity index (χ2v) is 4.35. The van der Waals surface area contributed by atoms with E-state index in [1.165, 1.54) is 4.31 Å².